The third kappa shape index (κ3) is 1.20. The Bertz CT molecular complexity index is 615. The van der Waals surface area contributed by atoms with Gasteiger partial charge in [0, 0.05) is 13.3 Å². The Hall–Kier alpha value is -1.95. The summed E-state index contributed by atoms with van der Waals surface area (Å²) in [6.45, 7) is 5.58. The summed E-state index contributed by atoms with van der Waals surface area (Å²) < 4.78 is 5.55. The van der Waals surface area contributed by atoms with E-state index in [9.17, 15) is 9.59 Å². The molecule has 1 N–H and O–H groups in total. The number of rotatable bonds is 2. The molecule has 2 aliphatic rings. The molecule has 20 heavy (non-hydrogen) atoms. The van der Waals surface area contributed by atoms with Crippen molar-refractivity contribution in [1.29, 1.82) is 0 Å². The van der Waals surface area contributed by atoms with Crippen molar-refractivity contribution < 1.29 is 14.3 Å². The highest BCUT2D eigenvalue weighted by molar-refractivity contribution is 6.06. The maximum Gasteiger partial charge on any atom is 0.270 e. The minimum atomic E-state index is -1.29. The molecule has 3 rings (SSSR count). The van der Waals surface area contributed by atoms with E-state index in [0.29, 0.717) is 11.3 Å². The summed E-state index contributed by atoms with van der Waals surface area (Å²) in [6, 6.07) is 3.41. The molecule has 2 aliphatic heterocycles. The fraction of sp³-hybridized carbons (Fsp3) is 0.500. The lowest BCUT2D eigenvalue weighted by atomic mass is 9.87. The molecule has 3 heterocycles. The van der Waals surface area contributed by atoms with Gasteiger partial charge in [-0.2, -0.15) is 0 Å². The van der Waals surface area contributed by atoms with E-state index in [4.69, 9.17) is 4.74 Å². The Morgan fingerprint density at radius 3 is 2.70 bits per heavy atom. The molecule has 0 radical (unpaired) electrons. The lowest BCUT2D eigenvalue weighted by molar-refractivity contribution is -0.136. The molecule has 2 amide bonds. The first-order valence-corrected chi connectivity index (χ1v) is 6.57. The second kappa shape index (κ2) is 3.79. The first-order valence-electron chi connectivity index (χ1n) is 6.57. The normalized spacial score (nSPS) is 31.6. The van der Waals surface area contributed by atoms with Crippen molar-refractivity contribution in [2.24, 2.45) is 5.92 Å². The van der Waals surface area contributed by atoms with Gasteiger partial charge < -0.3 is 10.1 Å². The molecule has 0 bridgehead atoms. The zero-order chi connectivity index (χ0) is 14.7. The molecule has 1 saturated heterocycles. The van der Waals surface area contributed by atoms with Crippen LogP contribution in [0.2, 0.25) is 0 Å². The van der Waals surface area contributed by atoms with E-state index in [-0.39, 0.29) is 17.7 Å². The molecule has 0 spiro atoms. The summed E-state index contributed by atoms with van der Waals surface area (Å²) in [5.74, 6) is -1.80. The van der Waals surface area contributed by atoms with Gasteiger partial charge in [-0.25, -0.2) is 0 Å². The number of aromatic nitrogens is 1. The highest BCUT2D eigenvalue weighted by Gasteiger charge is 2.68. The van der Waals surface area contributed by atoms with Crippen LogP contribution >= 0.6 is 0 Å². The first-order chi connectivity index (χ1) is 9.39. The summed E-state index contributed by atoms with van der Waals surface area (Å²) in [6.07, 6.45) is 1.59. The Morgan fingerprint density at radius 2 is 2.10 bits per heavy atom. The predicted molar refractivity (Wildman–Crippen MR) is 70.5 cm³/mol. The van der Waals surface area contributed by atoms with E-state index in [0.717, 1.165) is 0 Å². The van der Waals surface area contributed by atoms with E-state index in [1.165, 1.54) is 12.0 Å². The van der Waals surface area contributed by atoms with Gasteiger partial charge >= 0.3 is 0 Å². The molecule has 6 nitrogen and oxygen atoms in total. The van der Waals surface area contributed by atoms with Crippen molar-refractivity contribution in [2.45, 2.75) is 32.2 Å². The predicted octanol–water partition coefficient (Wildman–Crippen LogP) is 0.839. The Balaban J connectivity index is 2.28. The Kier molecular flexibility index (Phi) is 2.47. The van der Waals surface area contributed by atoms with Crippen LogP contribution in [0.15, 0.2) is 18.3 Å². The molecule has 0 aromatic carbocycles. The molecular formula is C14H17N3O3. The van der Waals surface area contributed by atoms with E-state index < -0.39 is 11.4 Å². The zero-order valence-electron chi connectivity index (χ0n) is 11.9. The van der Waals surface area contributed by atoms with Gasteiger partial charge in [0.1, 0.15) is 11.2 Å². The van der Waals surface area contributed by atoms with Crippen LogP contribution in [0.4, 0.5) is 0 Å². The molecule has 6 heteroatoms. The number of amides is 2. The van der Waals surface area contributed by atoms with E-state index in [1.807, 2.05) is 13.8 Å². The molecular weight excluding hydrogens is 258 g/mol. The quantitative estimate of drug-likeness (QED) is 0.868. The van der Waals surface area contributed by atoms with E-state index in [2.05, 4.69) is 10.3 Å². The third-order valence-electron chi connectivity index (χ3n) is 4.50. The van der Waals surface area contributed by atoms with Gasteiger partial charge in [-0.1, -0.05) is 13.8 Å². The topological polar surface area (TPSA) is 71.5 Å². The van der Waals surface area contributed by atoms with Crippen molar-refractivity contribution in [3.63, 3.8) is 0 Å². The second-order valence-electron chi connectivity index (χ2n) is 5.64. The minimum absolute atomic E-state index is 0.0576. The zero-order valence-corrected chi connectivity index (χ0v) is 11.9. The fourth-order valence-corrected chi connectivity index (χ4v) is 3.01. The monoisotopic (exact) mass is 275 g/mol. The Morgan fingerprint density at radius 1 is 1.40 bits per heavy atom. The van der Waals surface area contributed by atoms with Crippen molar-refractivity contribution in [1.82, 2.24) is 15.2 Å². The maximum atomic E-state index is 12.7. The number of fused-ring (bicyclic) bond motifs is 3. The SMILES string of the molecule is COC12NC(=O)C(C)(C(C)C)N1C(=O)c1cccnc12. The van der Waals surface area contributed by atoms with E-state index in [1.54, 1.807) is 25.3 Å². The van der Waals surface area contributed by atoms with Crippen LogP contribution in [0.5, 0.6) is 0 Å². The van der Waals surface area contributed by atoms with Gasteiger partial charge in [-0.15, -0.1) is 0 Å². The number of nitrogens with zero attached hydrogens (tertiary/aromatic N) is 2. The Labute approximate surface area is 117 Å². The van der Waals surface area contributed by atoms with Crippen LogP contribution in [0.25, 0.3) is 0 Å². The highest BCUT2D eigenvalue weighted by atomic mass is 16.5. The number of methoxy groups -OCH3 is 1. The van der Waals surface area contributed by atoms with Crippen molar-refractivity contribution in [3.8, 4) is 0 Å². The molecule has 1 aromatic heterocycles. The second-order valence-corrected chi connectivity index (χ2v) is 5.64. The number of ether oxygens (including phenoxy) is 1. The van der Waals surface area contributed by atoms with Gasteiger partial charge in [0.15, 0.2) is 0 Å². The maximum absolute atomic E-state index is 12.7. The van der Waals surface area contributed by atoms with Crippen LogP contribution in [-0.4, -0.2) is 34.3 Å². The van der Waals surface area contributed by atoms with Crippen LogP contribution in [0.1, 0.15) is 36.8 Å². The van der Waals surface area contributed by atoms with Gasteiger partial charge in [0.25, 0.3) is 11.8 Å². The van der Waals surface area contributed by atoms with E-state index >= 15 is 0 Å². The van der Waals surface area contributed by atoms with Crippen LogP contribution in [-0.2, 0) is 15.4 Å². The summed E-state index contributed by atoms with van der Waals surface area (Å²) in [7, 11) is 1.47. The average Bonchev–Trinajstić information content (AvgIpc) is 2.82. The number of hydrogen-bond acceptors (Lipinski definition) is 4. The summed E-state index contributed by atoms with van der Waals surface area (Å²) in [5.41, 5.74) is -0.0419. The summed E-state index contributed by atoms with van der Waals surface area (Å²) in [4.78, 5) is 30.9. The number of hydrogen-bond donors (Lipinski definition) is 1. The molecule has 2 atom stereocenters. The largest absolute Gasteiger partial charge is 0.336 e. The van der Waals surface area contributed by atoms with Gasteiger partial charge in [-0.3, -0.25) is 19.5 Å². The minimum Gasteiger partial charge on any atom is -0.336 e. The molecule has 1 fully saturated rings. The van der Waals surface area contributed by atoms with Gasteiger partial charge in [-0.05, 0) is 25.0 Å². The number of nitrogens with one attached hydrogen (secondary N) is 1. The van der Waals surface area contributed by atoms with Gasteiger partial charge in [0.05, 0.1) is 5.56 Å². The highest BCUT2D eigenvalue weighted by Crippen LogP contribution is 2.48. The first kappa shape index (κ1) is 13.1. The lowest BCUT2D eigenvalue weighted by Gasteiger charge is -2.38. The summed E-state index contributed by atoms with van der Waals surface area (Å²) >= 11 is 0. The number of pyridine rings is 1. The lowest BCUT2D eigenvalue weighted by Crippen LogP contribution is -2.56. The van der Waals surface area contributed by atoms with Crippen molar-refractivity contribution in [2.75, 3.05) is 7.11 Å². The molecule has 0 aliphatic carbocycles. The van der Waals surface area contributed by atoms with Crippen LogP contribution < -0.4 is 5.32 Å². The van der Waals surface area contributed by atoms with Crippen LogP contribution in [0.3, 0.4) is 0 Å². The number of carbonyl (C=O) groups excluding carboxylic acids is 2. The van der Waals surface area contributed by atoms with Crippen molar-refractivity contribution >= 4 is 11.8 Å². The molecule has 2 unspecified atom stereocenters. The van der Waals surface area contributed by atoms with Crippen LogP contribution in [0, 0.1) is 5.92 Å². The molecule has 106 valence electrons. The molecule has 1 aromatic rings. The smallest absolute Gasteiger partial charge is 0.270 e. The number of carbonyl (C=O) groups is 2. The average molecular weight is 275 g/mol. The van der Waals surface area contributed by atoms with Crippen molar-refractivity contribution in [3.05, 3.63) is 29.6 Å². The van der Waals surface area contributed by atoms with Gasteiger partial charge in [0.2, 0.25) is 5.91 Å². The fourth-order valence-electron chi connectivity index (χ4n) is 3.01. The summed E-state index contributed by atoms with van der Waals surface area (Å²) in [5, 5.41) is 2.82. The standard InChI is InChI=1S/C14H17N3O3/c1-8(2)13(3)12(19)16-14(20-4)10-9(6-5-7-15-10)11(18)17(13)14/h5-8H,1-4H3,(H,16,19). The molecule has 0 saturated carbocycles. The third-order valence-corrected chi connectivity index (χ3v) is 4.50.